The van der Waals surface area contributed by atoms with E-state index in [4.69, 9.17) is 5.10 Å². The summed E-state index contributed by atoms with van der Waals surface area (Å²) in [4.78, 5) is 0. The van der Waals surface area contributed by atoms with Gasteiger partial charge >= 0.3 is 0 Å². The van der Waals surface area contributed by atoms with Crippen LogP contribution in [0.15, 0.2) is 4.47 Å². The van der Waals surface area contributed by atoms with Gasteiger partial charge in [0, 0.05) is 6.54 Å². The minimum Gasteiger partial charge on any atom is -0.369 e. The second-order valence-electron chi connectivity index (χ2n) is 4.98. The first-order valence-electron chi connectivity index (χ1n) is 6.08. The molecule has 2 unspecified atom stereocenters. The fourth-order valence-electron chi connectivity index (χ4n) is 2.41. The van der Waals surface area contributed by atoms with E-state index in [0.29, 0.717) is 17.9 Å². The Labute approximate surface area is 106 Å². The number of nitrogens with one attached hydrogen (secondary N) is 1. The second kappa shape index (κ2) is 4.40. The summed E-state index contributed by atoms with van der Waals surface area (Å²) in [6, 6.07) is 0.528. The Bertz CT molecular complexity index is 384. The maximum absolute atomic E-state index is 4.76. The van der Waals surface area contributed by atoms with E-state index in [2.05, 4.69) is 53.6 Å². The molecule has 0 saturated heterocycles. The lowest BCUT2D eigenvalue weighted by atomic mass is 9.98. The first kappa shape index (κ1) is 12.0. The molecule has 0 fully saturated rings. The van der Waals surface area contributed by atoms with Crippen molar-refractivity contribution in [3.63, 3.8) is 0 Å². The van der Waals surface area contributed by atoms with Crippen molar-refractivity contribution in [1.82, 2.24) is 9.78 Å². The molecular weight excluding hydrogens is 266 g/mol. The molecule has 0 aliphatic carbocycles. The molecule has 1 aromatic rings. The van der Waals surface area contributed by atoms with Crippen LogP contribution in [-0.4, -0.2) is 16.3 Å². The van der Waals surface area contributed by atoms with Crippen molar-refractivity contribution in [1.29, 1.82) is 0 Å². The Hall–Kier alpha value is -0.510. The van der Waals surface area contributed by atoms with Gasteiger partial charge in [0.05, 0.1) is 16.2 Å². The fourth-order valence-corrected chi connectivity index (χ4v) is 3.27. The molecule has 2 rings (SSSR count). The van der Waals surface area contributed by atoms with Crippen molar-refractivity contribution in [2.24, 2.45) is 5.92 Å². The van der Waals surface area contributed by atoms with Crippen LogP contribution in [0.3, 0.4) is 0 Å². The van der Waals surface area contributed by atoms with Crippen LogP contribution in [0, 0.1) is 5.92 Å². The van der Waals surface area contributed by atoms with Crippen LogP contribution in [0.2, 0.25) is 0 Å². The molecule has 3 nitrogen and oxygen atoms in total. The Morgan fingerprint density at radius 3 is 2.81 bits per heavy atom. The summed E-state index contributed by atoms with van der Waals surface area (Å²) in [5.41, 5.74) is 1.16. The van der Waals surface area contributed by atoms with Crippen LogP contribution < -0.4 is 5.32 Å². The van der Waals surface area contributed by atoms with Crippen molar-refractivity contribution in [3.8, 4) is 0 Å². The number of hydrogen-bond acceptors (Lipinski definition) is 2. The Kier molecular flexibility index (Phi) is 3.29. The predicted octanol–water partition coefficient (Wildman–Crippen LogP) is 3.78. The normalized spacial score (nSPS) is 24.4. The zero-order valence-corrected chi connectivity index (χ0v) is 12.0. The third-order valence-electron chi connectivity index (χ3n) is 3.40. The number of fused-ring (bicyclic) bond motifs is 1. The molecule has 16 heavy (non-hydrogen) atoms. The van der Waals surface area contributed by atoms with Crippen molar-refractivity contribution in [2.45, 2.75) is 46.1 Å². The molecule has 0 bridgehead atoms. The highest BCUT2D eigenvalue weighted by Gasteiger charge is 2.29. The Balaban J connectivity index is 2.47. The van der Waals surface area contributed by atoms with Crippen LogP contribution in [-0.2, 0) is 0 Å². The van der Waals surface area contributed by atoms with E-state index in [1.165, 1.54) is 0 Å². The van der Waals surface area contributed by atoms with E-state index in [9.17, 15) is 0 Å². The van der Waals surface area contributed by atoms with Gasteiger partial charge in [-0.1, -0.05) is 27.7 Å². The van der Waals surface area contributed by atoms with Gasteiger partial charge < -0.3 is 5.32 Å². The number of halogens is 1. The molecule has 90 valence electrons. The zero-order chi connectivity index (χ0) is 11.9. The summed E-state index contributed by atoms with van der Waals surface area (Å²) in [6.45, 7) is 9.93. The monoisotopic (exact) mass is 285 g/mol. The topological polar surface area (TPSA) is 29.9 Å². The molecule has 2 heterocycles. The lowest BCUT2D eigenvalue weighted by molar-refractivity contribution is 0.311. The summed E-state index contributed by atoms with van der Waals surface area (Å²) in [6.07, 6.45) is 1.14. The minimum absolute atomic E-state index is 0.460. The first-order chi connectivity index (χ1) is 7.56. The molecule has 2 atom stereocenters. The molecule has 1 aliphatic rings. The summed E-state index contributed by atoms with van der Waals surface area (Å²) >= 11 is 3.67. The number of rotatable bonds is 2. The molecular formula is C12H20BrN3. The second-order valence-corrected chi connectivity index (χ2v) is 5.77. The van der Waals surface area contributed by atoms with Gasteiger partial charge in [-0.3, -0.25) is 0 Å². The van der Waals surface area contributed by atoms with Gasteiger partial charge in [-0.25, -0.2) is 4.68 Å². The maximum atomic E-state index is 4.76. The third kappa shape index (κ3) is 1.77. The molecule has 4 heteroatoms. The quantitative estimate of drug-likeness (QED) is 0.896. The van der Waals surface area contributed by atoms with Crippen molar-refractivity contribution in [2.75, 3.05) is 11.9 Å². The predicted molar refractivity (Wildman–Crippen MR) is 71.0 cm³/mol. The van der Waals surface area contributed by atoms with Gasteiger partial charge in [-0.05, 0) is 34.2 Å². The zero-order valence-electron chi connectivity index (χ0n) is 10.4. The van der Waals surface area contributed by atoms with Crippen LogP contribution in [0.25, 0.3) is 0 Å². The summed E-state index contributed by atoms with van der Waals surface area (Å²) < 4.78 is 3.32. The lowest BCUT2D eigenvalue weighted by Crippen LogP contribution is -2.31. The van der Waals surface area contributed by atoms with E-state index in [0.717, 1.165) is 29.0 Å². The molecule has 0 saturated carbocycles. The van der Waals surface area contributed by atoms with Crippen LogP contribution in [0.5, 0.6) is 0 Å². The summed E-state index contributed by atoms with van der Waals surface area (Å²) in [5.74, 6) is 2.26. The highest BCUT2D eigenvalue weighted by Crippen LogP contribution is 2.38. The van der Waals surface area contributed by atoms with Gasteiger partial charge in [0.15, 0.2) is 0 Å². The molecule has 0 radical (unpaired) electrons. The standard InChI is InChI=1S/C12H20BrN3/c1-5-9-8(4)6-14-12-10(13)11(7(2)3)15-16(9)12/h7-9,14H,5-6H2,1-4H3. The summed E-state index contributed by atoms with van der Waals surface area (Å²) in [5, 5.41) is 8.23. The number of anilines is 1. The molecule has 0 spiro atoms. The number of hydrogen-bond donors (Lipinski definition) is 1. The Morgan fingerprint density at radius 2 is 2.25 bits per heavy atom. The SMILES string of the molecule is CCC1C(C)CNc2c(Br)c(C(C)C)nn21. The van der Waals surface area contributed by atoms with E-state index in [1.807, 2.05) is 0 Å². The van der Waals surface area contributed by atoms with Crippen LogP contribution in [0.1, 0.15) is 51.8 Å². The summed E-state index contributed by atoms with van der Waals surface area (Å²) in [7, 11) is 0. The van der Waals surface area contributed by atoms with Crippen molar-refractivity contribution >= 4 is 21.7 Å². The van der Waals surface area contributed by atoms with Crippen LogP contribution >= 0.6 is 15.9 Å². The van der Waals surface area contributed by atoms with Gasteiger partial charge in [-0.2, -0.15) is 5.10 Å². The largest absolute Gasteiger partial charge is 0.369 e. The average Bonchev–Trinajstić information content (AvgIpc) is 2.56. The van der Waals surface area contributed by atoms with E-state index >= 15 is 0 Å². The number of aromatic nitrogens is 2. The van der Waals surface area contributed by atoms with Crippen molar-refractivity contribution in [3.05, 3.63) is 10.2 Å². The van der Waals surface area contributed by atoms with Gasteiger partial charge in [0.25, 0.3) is 0 Å². The average molecular weight is 286 g/mol. The molecule has 1 aromatic heterocycles. The highest BCUT2D eigenvalue weighted by molar-refractivity contribution is 9.10. The molecule has 0 amide bonds. The van der Waals surface area contributed by atoms with E-state index in [1.54, 1.807) is 0 Å². The number of nitrogens with zero attached hydrogens (tertiary/aromatic N) is 2. The third-order valence-corrected chi connectivity index (χ3v) is 4.19. The lowest BCUT2D eigenvalue weighted by Gasteiger charge is -2.30. The smallest absolute Gasteiger partial charge is 0.139 e. The maximum Gasteiger partial charge on any atom is 0.139 e. The fraction of sp³-hybridized carbons (Fsp3) is 0.750. The molecule has 1 aliphatic heterocycles. The van der Waals surface area contributed by atoms with Gasteiger partial charge in [0.2, 0.25) is 0 Å². The van der Waals surface area contributed by atoms with E-state index in [-0.39, 0.29) is 0 Å². The first-order valence-corrected chi connectivity index (χ1v) is 6.87. The minimum atomic E-state index is 0.460. The van der Waals surface area contributed by atoms with E-state index < -0.39 is 0 Å². The van der Waals surface area contributed by atoms with Gasteiger partial charge in [-0.15, -0.1) is 0 Å². The van der Waals surface area contributed by atoms with Gasteiger partial charge in [0.1, 0.15) is 5.82 Å². The molecule has 1 N–H and O–H groups in total. The van der Waals surface area contributed by atoms with Crippen molar-refractivity contribution < 1.29 is 0 Å². The van der Waals surface area contributed by atoms with Crippen LogP contribution in [0.4, 0.5) is 5.82 Å². The Morgan fingerprint density at radius 1 is 1.56 bits per heavy atom. The highest BCUT2D eigenvalue weighted by atomic mass is 79.9. The molecule has 0 aromatic carbocycles.